The third-order valence-corrected chi connectivity index (χ3v) is 5.15. The molecular weight excluding hydrogens is 357 g/mol. The second-order valence-corrected chi connectivity index (χ2v) is 7.53. The Morgan fingerprint density at radius 1 is 1.44 bits per heavy atom. The number of pyridine rings is 1. The second kappa shape index (κ2) is 8.22. The van der Waals surface area contributed by atoms with Crippen LogP contribution in [0.3, 0.4) is 0 Å². The fraction of sp³-hybridized carbons (Fsp3) is 0.474. The normalized spacial score (nSPS) is 24.2. The molecule has 1 amide bonds. The molecule has 3 heterocycles. The van der Waals surface area contributed by atoms with Crippen molar-refractivity contribution < 1.29 is 49.0 Å². The number of amides is 1. The van der Waals surface area contributed by atoms with Crippen LogP contribution in [0.25, 0.3) is 6.08 Å². The number of nitrogens with zero attached hydrogens (tertiary/aromatic N) is 2. The average molecular weight is 379 g/mol. The molecule has 2 aliphatic rings. The minimum Gasteiger partial charge on any atom is -0.548 e. The van der Waals surface area contributed by atoms with Crippen molar-refractivity contribution in [1.82, 2.24) is 9.88 Å². The Labute approximate surface area is 180 Å². The third kappa shape index (κ3) is 4.01. The van der Waals surface area contributed by atoms with Crippen LogP contribution in [0.5, 0.6) is 0 Å². The summed E-state index contributed by atoms with van der Waals surface area (Å²) in [6, 6.07) is 2.12. The number of hydrogen-bond acceptors (Lipinski definition) is 6. The molecule has 0 spiro atoms. The van der Waals surface area contributed by atoms with E-state index in [0.29, 0.717) is 42.6 Å². The fourth-order valence-electron chi connectivity index (χ4n) is 3.87. The predicted octanol–water partition coefficient (Wildman–Crippen LogP) is -2.85. The van der Waals surface area contributed by atoms with Crippen LogP contribution < -0.4 is 40.4 Å². The van der Waals surface area contributed by atoms with Gasteiger partial charge in [-0.3, -0.25) is 14.6 Å². The van der Waals surface area contributed by atoms with Gasteiger partial charge in [0.1, 0.15) is 0 Å². The number of rotatable bonds is 6. The molecule has 7 nitrogen and oxygen atoms in total. The van der Waals surface area contributed by atoms with Gasteiger partial charge >= 0.3 is 29.6 Å². The van der Waals surface area contributed by atoms with Crippen molar-refractivity contribution in [2.24, 2.45) is 11.1 Å². The third-order valence-electron chi connectivity index (χ3n) is 5.15. The van der Waals surface area contributed by atoms with Crippen LogP contribution in [0.2, 0.25) is 0 Å². The molecule has 0 saturated carbocycles. The van der Waals surface area contributed by atoms with Crippen molar-refractivity contribution in [3.05, 3.63) is 35.2 Å². The predicted molar refractivity (Wildman–Crippen MR) is 92.7 cm³/mol. The molecule has 138 valence electrons. The molecule has 0 radical (unpaired) electrons. The summed E-state index contributed by atoms with van der Waals surface area (Å²) in [5.74, 6) is -1.55. The first-order valence-electron chi connectivity index (χ1n) is 8.70. The van der Waals surface area contributed by atoms with Crippen LogP contribution in [-0.4, -0.2) is 46.2 Å². The zero-order chi connectivity index (χ0) is 19.1. The van der Waals surface area contributed by atoms with Gasteiger partial charge in [0.25, 0.3) is 5.91 Å². The second-order valence-electron chi connectivity index (χ2n) is 7.53. The van der Waals surface area contributed by atoms with E-state index in [1.54, 1.807) is 18.2 Å². The molecule has 2 fully saturated rings. The fourth-order valence-corrected chi connectivity index (χ4v) is 3.87. The number of aromatic nitrogens is 1. The number of hydrogen-bond donors (Lipinski definition) is 1. The van der Waals surface area contributed by atoms with Gasteiger partial charge in [0.05, 0.1) is 23.7 Å². The molecule has 1 aromatic heterocycles. The topological polar surface area (TPSA) is 116 Å². The standard InChI is InChI=1S/C19H23N3O4.Na/c1-19(2)10-14-13(17(24)22(14)16(19)18(25)26)9-12-8-11(5-7-21-12)15(23)4-3-6-20;/h5,7-9,14,16H,3-4,6,10,20H2,1-2H3,(H,25,26);/q;+1/p-1/b13-9+;/t14?,16-;/m0./s1. The zero-order valence-electron chi connectivity index (χ0n) is 15.9. The van der Waals surface area contributed by atoms with E-state index < -0.39 is 17.4 Å². The average Bonchev–Trinajstić information content (AvgIpc) is 2.86. The van der Waals surface area contributed by atoms with Gasteiger partial charge in [-0.1, -0.05) is 13.8 Å². The maximum Gasteiger partial charge on any atom is 1.00 e. The Morgan fingerprint density at radius 2 is 2.15 bits per heavy atom. The van der Waals surface area contributed by atoms with Gasteiger partial charge in [0.15, 0.2) is 5.78 Å². The Bertz CT molecular complexity index is 806. The summed E-state index contributed by atoms with van der Waals surface area (Å²) >= 11 is 0. The molecule has 0 aliphatic carbocycles. The number of Topliss-reactive ketones (excluding diaryl/α,β-unsaturated/α-hetero) is 1. The number of carboxylic acid groups (broad SMARTS) is 1. The molecule has 2 atom stereocenters. The number of aliphatic carboxylic acids is 1. The summed E-state index contributed by atoms with van der Waals surface area (Å²) in [6.07, 6.45) is 4.72. The Hall–Kier alpha value is -1.54. The summed E-state index contributed by atoms with van der Waals surface area (Å²) in [7, 11) is 0. The maximum atomic E-state index is 12.5. The summed E-state index contributed by atoms with van der Waals surface area (Å²) in [6.45, 7) is 4.10. The number of carboxylic acids is 1. The first-order valence-corrected chi connectivity index (χ1v) is 8.70. The molecule has 2 saturated heterocycles. The number of ketones is 1. The van der Waals surface area contributed by atoms with Crippen LogP contribution in [0, 0.1) is 5.41 Å². The van der Waals surface area contributed by atoms with Crippen LogP contribution in [-0.2, 0) is 9.59 Å². The summed E-state index contributed by atoms with van der Waals surface area (Å²) in [5, 5.41) is 11.4. The van der Waals surface area contributed by atoms with Crippen LogP contribution in [0.15, 0.2) is 23.9 Å². The van der Waals surface area contributed by atoms with Gasteiger partial charge in [-0.05, 0) is 43.0 Å². The van der Waals surface area contributed by atoms with E-state index in [4.69, 9.17) is 5.73 Å². The van der Waals surface area contributed by atoms with Gasteiger partial charge in [-0.25, -0.2) is 0 Å². The van der Waals surface area contributed by atoms with Crippen LogP contribution >= 0.6 is 0 Å². The number of nitrogens with two attached hydrogens (primary N) is 1. The number of β-lactam (4-membered cyclic amide) rings is 1. The van der Waals surface area contributed by atoms with Gasteiger partial charge in [-0.15, -0.1) is 0 Å². The SMILES string of the molecule is CC1(C)CC2/C(=C\c3cc(C(=O)CCCN)ccn3)C(=O)N2[C@H]1C(=O)[O-].[Na+]. The summed E-state index contributed by atoms with van der Waals surface area (Å²) in [4.78, 5) is 41.6. The first-order chi connectivity index (χ1) is 12.3. The first kappa shape index (κ1) is 21.8. The molecule has 1 aromatic rings. The van der Waals surface area contributed by atoms with Gasteiger partial charge in [-0.2, -0.15) is 0 Å². The maximum absolute atomic E-state index is 12.5. The largest absolute Gasteiger partial charge is 1.00 e. The number of carbonyl (C=O) groups excluding carboxylic acids is 3. The number of fused-ring (bicyclic) bond motifs is 1. The van der Waals surface area contributed by atoms with Crippen molar-refractivity contribution in [3.63, 3.8) is 0 Å². The van der Waals surface area contributed by atoms with Gasteiger partial charge < -0.3 is 20.5 Å². The van der Waals surface area contributed by atoms with E-state index in [2.05, 4.69) is 4.98 Å². The molecule has 8 heteroatoms. The quantitative estimate of drug-likeness (QED) is 0.246. The summed E-state index contributed by atoms with van der Waals surface area (Å²) in [5.41, 5.74) is 6.45. The van der Waals surface area contributed by atoms with Crippen molar-refractivity contribution >= 4 is 23.7 Å². The van der Waals surface area contributed by atoms with E-state index in [-0.39, 0.29) is 47.3 Å². The minimum absolute atomic E-state index is 0. The molecule has 3 rings (SSSR count). The van der Waals surface area contributed by atoms with Gasteiger partial charge in [0, 0.05) is 23.8 Å². The van der Waals surface area contributed by atoms with E-state index in [1.165, 1.54) is 11.1 Å². The van der Waals surface area contributed by atoms with Crippen molar-refractivity contribution in [2.45, 2.75) is 45.2 Å². The van der Waals surface area contributed by atoms with Crippen molar-refractivity contribution in [2.75, 3.05) is 6.54 Å². The number of carbonyl (C=O) groups is 3. The molecule has 0 bridgehead atoms. The van der Waals surface area contributed by atoms with E-state index >= 15 is 0 Å². The molecule has 2 aliphatic heterocycles. The summed E-state index contributed by atoms with van der Waals surface area (Å²) < 4.78 is 0. The molecular formula is C19H22N3NaO4. The van der Waals surface area contributed by atoms with Crippen molar-refractivity contribution in [3.8, 4) is 0 Å². The van der Waals surface area contributed by atoms with E-state index in [1.807, 2.05) is 13.8 Å². The Morgan fingerprint density at radius 3 is 2.78 bits per heavy atom. The van der Waals surface area contributed by atoms with Crippen LogP contribution in [0.4, 0.5) is 0 Å². The van der Waals surface area contributed by atoms with Crippen LogP contribution in [0.1, 0.15) is 49.2 Å². The Kier molecular flexibility index (Phi) is 6.63. The minimum atomic E-state index is -1.23. The van der Waals surface area contributed by atoms with E-state index in [9.17, 15) is 19.5 Å². The van der Waals surface area contributed by atoms with Gasteiger partial charge in [0.2, 0.25) is 0 Å². The molecule has 27 heavy (non-hydrogen) atoms. The Balaban J connectivity index is 0.00000261. The smallest absolute Gasteiger partial charge is 0.548 e. The van der Waals surface area contributed by atoms with Crippen molar-refractivity contribution in [1.29, 1.82) is 0 Å². The molecule has 1 unspecified atom stereocenters. The monoisotopic (exact) mass is 379 g/mol. The molecule has 0 aromatic carbocycles. The zero-order valence-corrected chi connectivity index (χ0v) is 17.9. The molecule has 2 N–H and O–H groups in total. The van der Waals surface area contributed by atoms with E-state index in [0.717, 1.165) is 0 Å².